The highest BCUT2D eigenvalue weighted by atomic mass is 35.5. The number of halogens is 1. The summed E-state index contributed by atoms with van der Waals surface area (Å²) in [7, 11) is 0. The van der Waals surface area contributed by atoms with E-state index in [1.807, 2.05) is 24.3 Å². The normalized spacial score (nSPS) is 15.4. The lowest BCUT2D eigenvalue weighted by molar-refractivity contribution is 0.0996. The maximum Gasteiger partial charge on any atom is 0.270 e. The van der Waals surface area contributed by atoms with Gasteiger partial charge in [0.2, 0.25) is 0 Å². The van der Waals surface area contributed by atoms with Crippen molar-refractivity contribution in [2.24, 2.45) is 11.7 Å². The standard InChI is InChI=1S/C20H20ClN3OS/c21-14-8-6-13(7-9-14)17-11-15-16(10-12-4-2-1-3-5-12)23-24-18(20(22)25)19(15)26-17/h6-9,11-12H,1-5,10H2,(H2,22,25). The van der Waals surface area contributed by atoms with Crippen LogP contribution in [-0.2, 0) is 6.42 Å². The number of thiophene rings is 1. The maximum atomic E-state index is 11.8. The topological polar surface area (TPSA) is 68.9 Å². The molecule has 1 amide bonds. The Labute approximate surface area is 161 Å². The smallest absolute Gasteiger partial charge is 0.270 e. The lowest BCUT2D eigenvalue weighted by atomic mass is 9.85. The molecule has 0 spiro atoms. The first-order valence-corrected chi connectivity index (χ1v) is 10.2. The Kier molecular flexibility index (Phi) is 4.92. The highest BCUT2D eigenvalue weighted by Gasteiger charge is 2.21. The third-order valence-corrected chi connectivity index (χ3v) is 6.54. The number of hydrogen-bond acceptors (Lipinski definition) is 4. The second kappa shape index (κ2) is 7.33. The predicted octanol–water partition coefficient (Wildman–Crippen LogP) is 5.23. The van der Waals surface area contributed by atoms with E-state index in [-0.39, 0.29) is 5.69 Å². The van der Waals surface area contributed by atoms with Gasteiger partial charge in [0.1, 0.15) is 0 Å². The van der Waals surface area contributed by atoms with E-state index in [1.165, 1.54) is 32.1 Å². The molecule has 1 saturated carbocycles. The summed E-state index contributed by atoms with van der Waals surface area (Å²) in [6.07, 6.45) is 7.32. The van der Waals surface area contributed by atoms with Crippen LogP contribution in [0.15, 0.2) is 30.3 Å². The van der Waals surface area contributed by atoms with Gasteiger partial charge < -0.3 is 5.73 Å². The van der Waals surface area contributed by atoms with Gasteiger partial charge in [-0.05, 0) is 36.1 Å². The van der Waals surface area contributed by atoms with Crippen molar-refractivity contribution in [1.29, 1.82) is 0 Å². The average molecular weight is 386 g/mol. The molecule has 1 aromatic carbocycles. The van der Waals surface area contributed by atoms with E-state index < -0.39 is 5.91 Å². The Bertz CT molecular complexity index is 946. The molecular formula is C20H20ClN3OS. The van der Waals surface area contributed by atoms with Crippen LogP contribution in [0.2, 0.25) is 5.02 Å². The number of carbonyl (C=O) groups is 1. The van der Waals surface area contributed by atoms with Crippen molar-refractivity contribution < 1.29 is 4.79 Å². The molecule has 2 N–H and O–H groups in total. The number of carbonyl (C=O) groups excluding carboxylic acids is 1. The van der Waals surface area contributed by atoms with Crippen LogP contribution in [0.5, 0.6) is 0 Å². The molecule has 134 valence electrons. The summed E-state index contributed by atoms with van der Waals surface area (Å²) < 4.78 is 0.836. The minimum Gasteiger partial charge on any atom is -0.364 e. The molecule has 0 atom stereocenters. The fourth-order valence-corrected chi connectivity index (χ4v) is 5.03. The number of primary amides is 1. The zero-order valence-corrected chi connectivity index (χ0v) is 15.9. The molecule has 0 saturated heterocycles. The van der Waals surface area contributed by atoms with E-state index in [9.17, 15) is 4.79 Å². The molecule has 4 rings (SSSR count). The highest BCUT2D eigenvalue weighted by Crippen LogP contribution is 2.37. The van der Waals surface area contributed by atoms with Gasteiger partial charge in [0.25, 0.3) is 5.91 Å². The van der Waals surface area contributed by atoms with Crippen molar-refractivity contribution >= 4 is 38.9 Å². The quantitative estimate of drug-likeness (QED) is 0.668. The van der Waals surface area contributed by atoms with E-state index in [2.05, 4.69) is 16.3 Å². The number of rotatable bonds is 4. The molecule has 1 aliphatic carbocycles. The molecule has 0 bridgehead atoms. The Morgan fingerprint density at radius 1 is 1.15 bits per heavy atom. The summed E-state index contributed by atoms with van der Waals surface area (Å²) in [5.41, 5.74) is 7.84. The molecule has 0 unspecified atom stereocenters. The second-order valence-corrected chi connectivity index (χ2v) is 8.42. The first-order chi connectivity index (χ1) is 12.6. The molecule has 26 heavy (non-hydrogen) atoms. The lowest BCUT2D eigenvalue weighted by Crippen LogP contribution is -2.16. The van der Waals surface area contributed by atoms with Crippen LogP contribution in [-0.4, -0.2) is 16.1 Å². The van der Waals surface area contributed by atoms with Crippen LogP contribution in [0, 0.1) is 5.92 Å². The van der Waals surface area contributed by atoms with Crippen molar-refractivity contribution in [3.05, 3.63) is 46.7 Å². The van der Waals surface area contributed by atoms with Crippen LogP contribution < -0.4 is 5.73 Å². The first kappa shape index (κ1) is 17.4. The number of benzene rings is 1. The van der Waals surface area contributed by atoms with E-state index in [4.69, 9.17) is 17.3 Å². The van der Waals surface area contributed by atoms with Crippen LogP contribution in [0.1, 0.15) is 48.3 Å². The zero-order valence-electron chi connectivity index (χ0n) is 14.4. The molecule has 1 fully saturated rings. The van der Waals surface area contributed by atoms with Gasteiger partial charge in [-0.1, -0.05) is 55.8 Å². The van der Waals surface area contributed by atoms with Crippen LogP contribution >= 0.6 is 22.9 Å². The fourth-order valence-electron chi connectivity index (χ4n) is 3.72. The molecule has 0 aliphatic heterocycles. The Hall–Kier alpha value is -1.98. The number of amides is 1. The number of fused-ring (bicyclic) bond motifs is 1. The van der Waals surface area contributed by atoms with E-state index >= 15 is 0 Å². The van der Waals surface area contributed by atoms with Crippen molar-refractivity contribution in [3.63, 3.8) is 0 Å². The van der Waals surface area contributed by atoms with Gasteiger partial charge >= 0.3 is 0 Å². The number of nitrogens with zero attached hydrogens (tertiary/aromatic N) is 2. The molecule has 3 aromatic rings. The van der Waals surface area contributed by atoms with Crippen molar-refractivity contribution in [1.82, 2.24) is 10.2 Å². The van der Waals surface area contributed by atoms with E-state index in [1.54, 1.807) is 11.3 Å². The average Bonchev–Trinajstić information content (AvgIpc) is 3.09. The molecule has 2 heterocycles. The summed E-state index contributed by atoms with van der Waals surface area (Å²) in [4.78, 5) is 12.9. The third kappa shape index (κ3) is 3.46. The monoisotopic (exact) mass is 385 g/mol. The lowest BCUT2D eigenvalue weighted by Gasteiger charge is -2.21. The summed E-state index contributed by atoms with van der Waals surface area (Å²) in [6, 6.07) is 9.82. The summed E-state index contributed by atoms with van der Waals surface area (Å²) in [6.45, 7) is 0. The molecule has 2 aromatic heterocycles. The number of aromatic nitrogens is 2. The molecule has 0 radical (unpaired) electrons. The van der Waals surface area contributed by atoms with Crippen LogP contribution in [0.4, 0.5) is 0 Å². The third-order valence-electron chi connectivity index (χ3n) is 5.10. The maximum absolute atomic E-state index is 11.8. The highest BCUT2D eigenvalue weighted by molar-refractivity contribution is 7.22. The van der Waals surface area contributed by atoms with Crippen molar-refractivity contribution in [2.75, 3.05) is 0 Å². The van der Waals surface area contributed by atoms with Gasteiger partial charge in [-0.25, -0.2) is 0 Å². The summed E-state index contributed by atoms with van der Waals surface area (Å²) in [5, 5.41) is 10.2. The summed E-state index contributed by atoms with van der Waals surface area (Å²) in [5.74, 6) is 0.121. The number of hydrogen-bond donors (Lipinski definition) is 1. The van der Waals surface area contributed by atoms with Crippen molar-refractivity contribution in [3.8, 4) is 10.4 Å². The van der Waals surface area contributed by atoms with Gasteiger partial charge in [-0.2, -0.15) is 5.10 Å². The van der Waals surface area contributed by atoms with Crippen molar-refractivity contribution in [2.45, 2.75) is 38.5 Å². The molecule has 6 heteroatoms. The van der Waals surface area contributed by atoms with Gasteiger partial charge in [0.15, 0.2) is 5.69 Å². The van der Waals surface area contributed by atoms with E-state index in [0.717, 1.165) is 32.6 Å². The molecular weight excluding hydrogens is 366 g/mol. The minimum atomic E-state index is -0.531. The van der Waals surface area contributed by atoms with Crippen LogP contribution in [0.3, 0.4) is 0 Å². The molecule has 4 nitrogen and oxygen atoms in total. The number of nitrogens with two attached hydrogens (primary N) is 1. The Morgan fingerprint density at radius 2 is 1.88 bits per heavy atom. The van der Waals surface area contributed by atoms with Gasteiger partial charge in [0, 0.05) is 15.3 Å². The Morgan fingerprint density at radius 3 is 2.58 bits per heavy atom. The second-order valence-electron chi connectivity index (χ2n) is 6.93. The van der Waals surface area contributed by atoms with Crippen LogP contribution in [0.25, 0.3) is 20.5 Å². The first-order valence-electron chi connectivity index (χ1n) is 8.96. The predicted molar refractivity (Wildman–Crippen MR) is 107 cm³/mol. The SMILES string of the molecule is NC(=O)c1nnc(CC2CCCCC2)c2cc(-c3ccc(Cl)cc3)sc12. The minimum absolute atomic E-state index is 0.262. The van der Waals surface area contributed by atoms with E-state index in [0.29, 0.717) is 10.9 Å². The largest absolute Gasteiger partial charge is 0.364 e. The van der Waals surface area contributed by atoms with Gasteiger partial charge in [-0.3, -0.25) is 4.79 Å². The Balaban J connectivity index is 1.78. The van der Waals surface area contributed by atoms with Gasteiger partial charge in [0.05, 0.1) is 10.4 Å². The fraction of sp³-hybridized carbons (Fsp3) is 0.350. The summed E-state index contributed by atoms with van der Waals surface area (Å²) >= 11 is 7.54. The van der Waals surface area contributed by atoms with Gasteiger partial charge in [-0.15, -0.1) is 16.4 Å². The zero-order chi connectivity index (χ0) is 18.1. The molecule has 1 aliphatic rings.